The molecule has 0 aliphatic heterocycles. The highest BCUT2D eigenvalue weighted by Crippen LogP contribution is 2.13. The predicted octanol–water partition coefficient (Wildman–Crippen LogP) is 4.67. The summed E-state index contributed by atoms with van der Waals surface area (Å²) in [6.07, 6.45) is 20.5. The Balaban J connectivity index is 3.34. The lowest BCUT2D eigenvalue weighted by molar-refractivity contribution is -0.910. The van der Waals surface area contributed by atoms with Gasteiger partial charge in [0.15, 0.2) is 0 Å². The monoisotopic (exact) mass is 342 g/mol. The average Bonchev–Trinajstić information content (AvgIpc) is 2.55. The van der Waals surface area contributed by atoms with Gasteiger partial charge in [0.2, 0.25) is 0 Å². The summed E-state index contributed by atoms with van der Waals surface area (Å²) < 4.78 is 0.806. The largest absolute Gasteiger partial charge is 0.391 e. The Bertz CT molecular complexity index is 273. The normalized spacial score (nSPS) is 12.3. The predicted molar refractivity (Wildman–Crippen MR) is 105 cm³/mol. The SMILES string of the molecule is CC/C=C\CCCCCCCCCCCC[N+](C)(CCO)CCO. The van der Waals surface area contributed by atoms with E-state index in [1.54, 1.807) is 0 Å². The number of nitrogens with zero attached hydrogens (tertiary/aromatic N) is 1. The maximum atomic E-state index is 9.14. The number of likely N-dealkylation sites (N-methyl/N-ethyl adjacent to an activating group) is 1. The van der Waals surface area contributed by atoms with Gasteiger partial charge in [-0.2, -0.15) is 0 Å². The third kappa shape index (κ3) is 15.2. The number of unbranched alkanes of at least 4 members (excludes halogenated alkanes) is 10. The van der Waals surface area contributed by atoms with E-state index in [-0.39, 0.29) is 13.2 Å². The molecule has 0 atom stereocenters. The molecule has 0 heterocycles. The molecule has 0 unspecified atom stereocenters. The van der Waals surface area contributed by atoms with Gasteiger partial charge in [0.1, 0.15) is 13.1 Å². The topological polar surface area (TPSA) is 40.5 Å². The quantitative estimate of drug-likeness (QED) is 0.216. The molecule has 0 radical (unpaired) electrons. The van der Waals surface area contributed by atoms with Crippen molar-refractivity contribution in [3.8, 4) is 0 Å². The molecule has 24 heavy (non-hydrogen) atoms. The van der Waals surface area contributed by atoms with E-state index < -0.39 is 0 Å². The number of quaternary nitrogens is 1. The number of hydrogen-bond donors (Lipinski definition) is 2. The van der Waals surface area contributed by atoms with Crippen LogP contribution in [0.4, 0.5) is 0 Å². The van der Waals surface area contributed by atoms with Crippen molar-refractivity contribution in [2.75, 3.05) is 39.9 Å². The first kappa shape index (κ1) is 23.6. The Kier molecular flexibility index (Phi) is 17.2. The molecule has 0 spiro atoms. The van der Waals surface area contributed by atoms with Crippen LogP contribution in [-0.4, -0.2) is 54.6 Å². The zero-order valence-electron chi connectivity index (χ0n) is 16.5. The summed E-state index contributed by atoms with van der Waals surface area (Å²) in [5.74, 6) is 0. The van der Waals surface area contributed by atoms with Crippen LogP contribution in [0.3, 0.4) is 0 Å². The van der Waals surface area contributed by atoms with Crippen molar-refractivity contribution >= 4 is 0 Å². The molecule has 0 rings (SSSR count). The standard InChI is InChI=1S/C21H44NO2/c1-3-4-5-6-7-8-9-10-11-12-13-14-15-16-17-22(2,18-20-23)19-21-24/h4-5,23-24H,3,6-21H2,1-2H3/q+1/b5-4-. The summed E-state index contributed by atoms with van der Waals surface area (Å²) in [5.41, 5.74) is 0. The number of rotatable bonds is 18. The molecule has 0 aliphatic carbocycles. The van der Waals surface area contributed by atoms with Crippen LogP contribution in [0.1, 0.15) is 84.0 Å². The van der Waals surface area contributed by atoms with Gasteiger partial charge < -0.3 is 14.7 Å². The van der Waals surface area contributed by atoms with Gasteiger partial charge in [0, 0.05) is 0 Å². The third-order valence-corrected chi connectivity index (χ3v) is 5.00. The fourth-order valence-electron chi connectivity index (χ4n) is 3.27. The van der Waals surface area contributed by atoms with Crippen molar-refractivity contribution in [3.05, 3.63) is 12.2 Å². The molecular formula is C21H44NO2+. The van der Waals surface area contributed by atoms with Crippen LogP contribution in [0.5, 0.6) is 0 Å². The first-order chi connectivity index (χ1) is 11.7. The van der Waals surface area contributed by atoms with Crippen LogP contribution in [0.2, 0.25) is 0 Å². The Morgan fingerprint density at radius 1 is 0.625 bits per heavy atom. The van der Waals surface area contributed by atoms with Crippen molar-refractivity contribution in [3.63, 3.8) is 0 Å². The van der Waals surface area contributed by atoms with Gasteiger partial charge in [-0.15, -0.1) is 0 Å². The Labute approximate surface area is 151 Å². The summed E-state index contributed by atoms with van der Waals surface area (Å²) in [6, 6.07) is 0. The lowest BCUT2D eigenvalue weighted by Crippen LogP contribution is -2.48. The maximum Gasteiger partial charge on any atom is 0.102 e. The summed E-state index contributed by atoms with van der Waals surface area (Å²) >= 11 is 0. The third-order valence-electron chi connectivity index (χ3n) is 5.00. The van der Waals surface area contributed by atoms with Crippen LogP contribution in [0.15, 0.2) is 12.2 Å². The van der Waals surface area contributed by atoms with Crippen LogP contribution in [-0.2, 0) is 0 Å². The Morgan fingerprint density at radius 2 is 1.08 bits per heavy atom. The second kappa shape index (κ2) is 17.4. The van der Waals surface area contributed by atoms with Crippen LogP contribution >= 0.6 is 0 Å². The molecule has 0 aromatic rings. The highest BCUT2D eigenvalue weighted by atomic mass is 16.3. The van der Waals surface area contributed by atoms with E-state index in [0.717, 1.165) is 24.1 Å². The highest BCUT2D eigenvalue weighted by molar-refractivity contribution is 4.79. The van der Waals surface area contributed by atoms with Gasteiger partial charge in [-0.25, -0.2) is 0 Å². The molecule has 0 fully saturated rings. The molecule has 0 bridgehead atoms. The molecule has 0 aromatic carbocycles. The van der Waals surface area contributed by atoms with Crippen LogP contribution in [0.25, 0.3) is 0 Å². The van der Waals surface area contributed by atoms with Crippen molar-refractivity contribution in [1.29, 1.82) is 0 Å². The molecule has 3 heteroatoms. The minimum Gasteiger partial charge on any atom is -0.391 e. The highest BCUT2D eigenvalue weighted by Gasteiger charge is 2.19. The molecule has 144 valence electrons. The minimum absolute atomic E-state index is 0.214. The Hall–Kier alpha value is -0.380. The summed E-state index contributed by atoms with van der Waals surface area (Å²) in [5, 5.41) is 18.3. The van der Waals surface area contributed by atoms with Crippen molar-refractivity contribution in [2.24, 2.45) is 0 Å². The van der Waals surface area contributed by atoms with E-state index in [0.29, 0.717) is 0 Å². The number of aliphatic hydroxyl groups excluding tert-OH is 2. The summed E-state index contributed by atoms with van der Waals surface area (Å²) in [4.78, 5) is 0. The van der Waals surface area contributed by atoms with Gasteiger partial charge in [-0.1, -0.05) is 64.0 Å². The zero-order valence-corrected chi connectivity index (χ0v) is 16.5. The van der Waals surface area contributed by atoms with Gasteiger partial charge >= 0.3 is 0 Å². The van der Waals surface area contributed by atoms with E-state index in [9.17, 15) is 0 Å². The number of allylic oxidation sites excluding steroid dienone is 2. The molecule has 0 saturated heterocycles. The van der Waals surface area contributed by atoms with E-state index in [1.807, 2.05) is 0 Å². The molecule has 0 saturated carbocycles. The molecule has 0 aliphatic rings. The van der Waals surface area contributed by atoms with Gasteiger partial charge in [-0.05, 0) is 32.1 Å². The van der Waals surface area contributed by atoms with E-state index in [2.05, 4.69) is 26.1 Å². The molecule has 2 N–H and O–H groups in total. The van der Waals surface area contributed by atoms with Crippen LogP contribution < -0.4 is 0 Å². The zero-order chi connectivity index (χ0) is 17.9. The summed E-state index contributed by atoms with van der Waals surface area (Å²) in [6.45, 7) is 5.21. The van der Waals surface area contributed by atoms with Gasteiger partial charge in [0.25, 0.3) is 0 Å². The maximum absolute atomic E-state index is 9.14. The fourth-order valence-corrected chi connectivity index (χ4v) is 3.27. The van der Waals surface area contributed by atoms with Crippen molar-refractivity contribution < 1.29 is 14.7 Å². The first-order valence-electron chi connectivity index (χ1n) is 10.4. The molecule has 0 aromatic heterocycles. The lowest BCUT2D eigenvalue weighted by atomic mass is 10.1. The molecule has 3 nitrogen and oxygen atoms in total. The van der Waals surface area contributed by atoms with Gasteiger partial charge in [0.05, 0.1) is 26.8 Å². The van der Waals surface area contributed by atoms with E-state index in [1.165, 1.54) is 77.0 Å². The first-order valence-corrected chi connectivity index (χ1v) is 10.4. The van der Waals surface area contributed by atoms with E-state index in [4.69, 9.17) is 10.2 Å². The smallest absolute Gasteiger partial charge is 0.102 e. The summed E-state index contributed by atoms with van der Waals surface area (Å²) in [7, 11) is 2.14. The van der Waals surface area contributed by atoms with E-state index >= 15 is 0 Å². The van der Waals surface area contributed by atoms with Crippen LogP contribution in [0, 0.1) is 0 Å². The van der Waals surface area contributed by atoms with Crippen molar-refractivity contribution in [2.45, 2.75) is 84.0 Å². The van der Waals surface area contributed by atoms with Crippen molar-refractivity contribution in [1.82, 2.24) is 0 Å². The minimum atomic E-state index is 0.214. The fraction of sp³-hybridized carbons (Fsp3) is 0.905. The Morgan fingerprint density at radius 3 is 1.54 bits per heavy atom. The number of aliphatic hydroxyl groups is 2. The molecule has 0 amide bonds. The second-order valence-corrected chi connectivity index (χ2v) is 7.44. The second-order valence-electron chi connectivity index (χ2n) is 7.44. The molecular weight excluding hydrogens is 298 g/mol. The number of hydrogen-bond acceptors (Lipinski definition) is 2. The lowest BCUT2D eigenvalue weighted by Gasteiger charge is -2.33. The average molecular weight is 343 g/mol. The van der Waals surface area contributed by atoms with Gasteiger partial charge in [-0.3, -0.25) is 0 Å².